The van der Waals surface area contributed by atoms with Gasteiger partial charge in [-0.1, -0.05) is 76.2 Å². The van der Waals surface area contributed by atoms with Crippen LogP contribution in [0.2, 0.25) is 0 Å². The molecule has 368 valence electrons. The Balaban J connectivity index is 0.000000174. The summed E-state index contributed by atoms with van der Waals surface area (Å²) in [5, 5.41) is 2.10. The van der Waals surface area contributed by atoms with Crippen molar-refractivity contribution in [2.24, 2.45) is 0 Å². The van der Waals surface area contributed by atoms with Crippen LogP contribution in [0, 0.1) is 0 Å². The minimum atomic E-state index is -0.741. The second-order valence-electron chi connectivity index (χ2n) is 18.0. The van der Waals surface area contributed by atoms with Crippen LogP contribution in [0.1, 0.15) is 86.3 Å². The van der Waals surface area contributed by atoms with E-state index in [2.05, 4.69) is 34.8 Å². The molecule has 70 heavy (non-hydrogen) atoms. The number of para-hydroxylation sites is 2. The molecule has 0 saturated heterocycles. The molecule has 0 aliphatic carbocycles. The summed E-state index contributed by atoms with van der Waals surface area (Å²) in [6.07, 6.45) is 2.67. The zero-order valence-electron chi connectivity index (χ0n) is 40.7. The van der Waals surface area contributed by atoms with Crippen LogP contribution in [0.3, 0.4) is 0 Å². The van der Waals surface area contributed by atoms with Crippen LogP contribution in [0.15, 0.2) is 84.9 Å². The third kappa shape index (κ3) is 9.13. The maximum absolute atomic E-state index is 14.0. The fraction of sp³-hybridized carbons (Fsp3) is 0.407. The van der Waals surface area contributed by atoms with Crippen molar-refractivity contribution in [3.63, 3.8) is 0 Å². The van der Waals surface area contributed by atoms with Crippen molar-refractivity contribution >= 4 is 45.6 Å². The molecule has 6 aromatic rings. The summed E-state index contributed by atoms with van der Waals surface area (Å²) in [4.78, 5) is 68.8. The molecule has 4 aliphatic rings. The zero-order chi connectivity index (χ0) is 49.1. The number of amides is 2. The average molecular weight is 955 g/mol. The lowest BCUT2D eigenvalue weighted by Gasteiger charge is -2.41. The summed E-state index contributed by atoms with van der Waals surface area (Å²) >= 11 is 0. The lowest BCUT2D eigenvalue weighted by atomic mass is 9.87. The van der Waals surface area contributed by atoms with E-state index in [0.29, 0.717) is 35.8 Å². The predicted molar refractivity (Wildman–Crippen MR) is 263 cm³/mol. The Bertz CT molecular complexity index is 2880. The molecule has 2 aromatic heterocycles. The van der Waals surface area contributed by atoms with Gasteiger partial charge in [0, 0.05) is 46.0 Å². The summed E-state index contributed by atoms with van der Waals surface area (Å²) in [6, 6.07) is 25.0. The smallest absolute Gasteiger partial charge is 0.328 e. The van der Waals surface area contributed by atoms with Crippen LogP contribution in [0.4, 0.5) is 0 Å². The van der Waals surface area contributed by atoms with Gasteiger partial charge < -0.3 is 48.2 Å². The largest absolute Gasteiger partial charge is 0.467 e. The monoisotopic (exact) mass is 954 g/mol. The lowest BCUT2D eigenvalue weighted by molar-refractivity contribution is -0.155. The molecule has 4 atom stereocenters. The van der Waals surface area contributed by atoms with Crippen molar-refractivity contribution in [3.05, 3.63) is 119 Å². The molecule has 2 N–H and O–H groups in total. The van der Waals surface area contributed by atoms with Gasteiger partial charge in [-0.3, -0.25) is 19.4 Å². The number of hydrogen-bond acceptors (Lipinski definition) is 12. The number of methoxy groups -OCH3 is 2. The Labute approximate surface area is 407 Å². The molecular formula is C54H62N6O10. The fourth-order valence-electron chi connectivity index (χ4n) is 10.6. The van der Waals surface area contributed by atoms with Gasteiger partial charge >= 0.3 is 11.9 Å². The first-order chi connectivity index (χ1) is 34.1. The Morgan fingerprint density at radius 1 is 0.571 bits per heavy atom. The minimum absolute atomic E-state index is 0.0979. The van der Waals surface area contributed by atoms with E-state index in [4.69, 9.17) is 28.4 Å². The number of nitrogens with zero attached hydrogens (tertiary/aromatic N) is 4. The molecule has 16 heteroatoms. The molecule has 6 heterocycles. The molecule has 0 unspecified atom stereocenters. The van der Waals surface area contributed by atoms with Crippen LogP contribution < -0.4 is 18.9 Å². The molecule has 0 fully saturated rings. The topological polar surface area (TPSA) is 168 Å². The molecule has 0 spiro atoms. The summed E-state index contributed by atoms with van der Waals surface area (Å²) < 4.78 is 32.7. The first-order valence-electron chi connectivity index (χ1n) is 24.3. The van der Waals surface area contributed by atoms with Gasteiger partial charge in [0.05, 0.1) is 39.4 Å². The molecule has 0 bridgehead atoms. The van der Waals surface area contributed by atoms with Crippen LogP contribution in [-0.4, -0.2) is 132 Å². The summed E-state index contributed by atoms with van der Waals surface area (Å²) in [5.41, 5.74) is 7.54. The van der Waals surface area contributed by atoms with Gasteiger partial charge in [-0.2, -0.15) is 0 Å². The summed E-state index contributed by atoms with van der Waals surface area (Å²) in [7, 11) is 2.75. The summed E-state index contributed by atoms with van der Waals surface area (Å²) in [6.45, 7) is 12.2. The minimum Gasteiger partial charge on any atom is -0.467 e. The number of nitrogens with one attached hydrogen (secondary N) is 2. The van der Waals surface area contributed by atoms with Crippen LogP contribution in [-0.2, 0) is 41.5 Å². The van der Waals surface area contributed by atoms with Crippen molar-refractivity contribution < 1.29 is 47.6 Å². The van der Waals surface area contributed by atoms with E-state index in [0.717, 1.165) is 94.5 Å². The zero-order valence-corrected chi connectivity index (χ0v) is 40.7. The van der Waals surface area contributed by atoms with E-state index in [1.807, 2.05) is 97.6 Å². The number of esters is 2. The number of aromatic nitrogens is 2. The SMILES string of the molecule is CCCN(CCC)CC(=O)N1[C@H](c2ccc3c(c2)OCO3)c2[nH]c3ccccc3c2C[C@@H]1C(=O)OC.CCN(CC)CC(=O)N1[C@H](c2ccc3c(c2)OCO3)c2[nH]c3ccccc3c2C[C@@H]1C(=O)OC. The number of H-pyrrole nitrogens is 2. The second kappa shape index (κ2) is 20.9. The fourth-order valence-corrected chi connectivity index (χ4v) is 10.6. The molecule has 0 saturated carbocycles. The number of carbonyl (C=O) groups excluding carboxylic acids is 4. The van der Waals surface area contributed by atoms with E-state index in [1.165, 1.54) is 14.2 Å². The maximum atomic E-state index is 14.0. The number of carbonyl (C=O) groups is 4. The number of benzene rings is 4. The Hall–Kier alpha value is -7.04. The molecule has 4 aliphatic heterocycles. The van der Waals surface area contributed by atoms with E-state index in [-0.39, 0.29) is 38.5 Å². The highest BCUT2D eigenvalue weighted by Gasteiger charge is 2.46. The van der Waals surface area contributed by atoms with Crippen molar-refractivity contribution in [2.45, 2.75) is 77.5 Å². The second-order valence-corrected chi connectivity index (χ2v) is 18.0. The Morgan fingerprint density at radius 3 is 1.40 bits per heavy atom. The molecular weight excluding hydrogens is 893 g/mol. The van der Waals surface area contributed by atoms with Crippen LogP contribution >= 0.6 is 0 Å². The predicted octanol–water partition coefficient (Wildman–Crippen LogP) is 7.29. The van der Waals surface area contributed by atoms with Crippen molar-refractivity contribution in [1.82, 2.24) is 29.6 Å². The molecule has 16 nitrogen and oxygen atoms in total. The van der Waals surface area contributed by atoms with E-state index >= 15 is 0 Å². The number of likely N-dealkylation sites (N-methyl/N-ethyl adjacent to an activating group) is 1. The number of hydrogen-bond donors (Lipinski definition) is 2. The van der Waals surface area contributed by atoms with Crippen LogP contribution in [0.5, 0.6) is 23.0 Å². The quantitative estimate of drug-likeness (QED) is 0.105. The highest BCUT2D eigenvalue weighted by atomic mass is 16.7. The first kappa shape index (κ1) is 48.0. The van der Waals surface area contributed by atoms with Crippen molar-refractivity contribution in [3.8, 4) is 23.0 Å². The standard InChI is InChI=1S/C28H33N3O5.C26H29N3O5/c1-4-12-30(13-5-2)16-25(32)31-22(28(33)34-3)15-20-19-8-6-7-9-21(19)29-26(20)27(31)18-10-11-23-24(14-18)36-17-35-23;1-4-28(5-2)14-23(30)29-20(26(31)32-3)13-18-17-8-6-7-9-19(17)27-24(18)25(29)16-10-11-21-22(12-16)34-15-33-21/h6-11,14,22,27,29H,4-5,12-13,15-17H2,1-3H3;6-12,20,25,27H,4-5,13-15H2,1-3H3/t22-,27-;20-,25-/m11/s1. The number of aromatic amines is 2. The highest BCUT2D eigenvalue weighted by molar-refractivity contribution is 5.93. The van der Waals surface area contributed by atoms with E-state index < -0.39 is 36.1 Å². The first-order valence-corrected chi connectivity index (χ1v) is 24.3. The van der Waals surface area contributed by atoms with Gasteiger partial charge in [0.15, 0.2) is 23.0 Å². The van der Waals surface area contributed by atoms with Crippen molar-refractivity contribution in [2.75, 3.05) is 67.1 Å². The molecule has 0 radical (unpaired) electrons. The number of rotatable bonds is 14. The number of fused-ring (bicyclic) bond motifs is 8. The Morgan fingerprint density at radius 2 is 0.986 bits per heavy atom. The maximum Gasteiger partial charge on any atom is 0.328 e. The highest BCUT2D eigenvalue weighted by Crippen LogP contribution is 2.46. The molecule has 4 aromatic carbocycles. The lowest BCUT2D eigenvalue weighted by Crippen LogP contribution is -2.54. The van der Waals surface area contributed by atoms with Crippen molar-refractivity contribution in [1.29, 1.82) is 0 Å². The summed E-state index contributed by atoms with van der Waals surface area (Å²) in [5.74, 6) is 1.55. The average Bonchev–Trinajstić information content (AvgIpc) is 4.21. The number of ether oxygens (including phenoxy) is 6. The van der Waals surface area contributed by atoms with Gasteiger partial charge in [-0.05, 0) is 97.7 Å². The van der Waals surface area contributed by atoms with Gasteiger partial charge in [-0.25, -0.2) is 9.59 Å². The third-order valence-electron chi connectivity index (χ3n) is 13.9. The molecule has 2 amide bonds. The van der Waals surface area contributed by atoms with Gasteiger partial charge in [0.2, 0.25) is 25.4 Å². The Kier molecular flexibility index (Phi) is 14.3. The molecule has 10 rings (SSSR count). The third-order valence-corrected chi connectivity index (χ3v) is 13.9. The van der Waals surface area contributed by atoms with E-state index in [9.17, 15) is 19.2 Å². The normalized spacial score (nSPS) is 18.7. The van der Waals surface area contributed by atoms with Gasteiger partial charge in [-0.15, -0.1) is 0 Å². The van der Waals surface area contributed by atoms with Gasteiger partial charge in [0.25, 0.3) is 0 Å². The van der Waals surface area contributed by atoms with Crippen LogP contribution in [0.25, 0.3) is 21.8 Å². The van der Waals surface area contributed by atoms with E-state index in [1.54, 1.807) is 9.80 Å². The van der Waals surface area contributed by atoms with Gasteiger partial charge in [0.1, 0.15) is 12.1 Å².